The summed E-state index contributed by atoms with van der Waals surface area (Å²) >= 11 is 0. The Morgan fingerprint density at radius 1 is 0.243 bits per heavy atom. The second-order valence-corrected chi connectivity index (χ2v) is 18.0. The van der Waals surface area contributed by atoms with E-state index in [2.05, 4.69) is 266 Å². The van der Waals surface area contributed by atoms with Crippen LogP contribution in [0.3, 0.4) is 0 Å². The Morgan fingerprint density at radius 2 is 0.729 bits per heavy atom. The van der Waals surface area contributed by atoms with Gasteiger partial charge in [0.05, 0.1) is 5.69 Å². The van der Waals surface area contributed by atoms with E-state index >= 15 is 0 Å². The van der Waals surface area contributed by atoms with Gasteiger partial charge < -0.3 is 9.32 Å². The monoisotopic (exact) mass is 891 g/mol. The van der Waals surface area contributed by atoms with E-state index in [1.807, 2.05) is 12.1 Å². The molecule has 0 bridgehead atoms. The summed E-state index contributed by atoms with van der Waals surface area (Å²) in [5.74, 6) is 0. The predicted molar refractivity (Wildman–Crippen MR) is 296 cm³/mol. The number of benzene rings is 12. The van der Waals surface area contributed by atoms with E-state index in [-0.39, 0.29) is 0 Å². The average molecular weight is 892 g/mol. The molecule has 70 heavy (non-hydrogen) atoms. The molecule has 12 aromatic carbocycles. The smallest absolute Gasteiger partial charge is 0.143 e. The predicted octanol–water partition coefficient (Wildman–Crippen LogP) is 19.4. The molecule has 1 aromatic heterocycles. The van der Waals surface area contributed by atoms with Gasteiger partial charge in [0.2, 0.25) is 0 Å². The highest BCUT2D eigenvalue weighted by Gasteiger charge is 2.22. The van der Waals surface area contributed by atoms with E-state index in [1.54, 1.807) is 0 Å². The summed E-state index contributed by atoms with van der Waals surface area (Å²) in [6.07, 6.45) is 0. The van der Waals surface area contributed by atoms with Crippen LogP contribution in [0.5, 0.6) is 0 Å². The third-order valence-corrected chi connectivity index (χ3v) is 13.9. The Labute approximate surface area is 407 Å². The lowest BCUT2D eigenvalue weighted by molar-refractivity contribution is 0.670. The molecule has 328 valence electrons. The van der Waals surface area contributed by atoms with Crippen LogP contribution in [0.2, 0.25) is 0 Å². The number of rotatable bonds is 9. The van der Waals surface area contributed by atoms with Crippen molar-refractivity contribution in [2.24, 2.45) is 0 Å². The van der Waals surface area contributed by atoms with Crippen LogP contribution in [0.1, 0.15) is 0 Å². The van der Waals surface area contributed by atoms with Crippen LogP contribution in [0.25, 0.3) is 110 Å². The molecule has 0 saturated carbocycles. The van der Waals surface area contributed by atoms with E-state index in [9.17, 15) is 0 Å². The average Bonchev–Trinajstić information content (AvgIpc) is 3.83. The highest BCUT2D eigenvalue weighted by atomic mass is 16.3. The molecule has 0 fully saturated rings. The highest BCUT2D eigenvalue weighted by molar-refractivity contribution is 6.22. The van der Waals surface area contributed by atoms with Crippen LogP contribution in [0.4, 0.5) is 17.1 Å². The topological polar surface area (TPSA) is 16.4 Å². The molecular formula is C68H45NO. The number of hydrogen-bond donors (Lipinski definition) is 0. The lowest BCUT2D eigenvalue weighted by Crippen LogP contribution is -2.11. The van der Waals surface area contributed by atoms with E-state index in [0.29, 0.717) is 0 Å². The number of nitrogens with zero attached hydrogens (tertiary/aromatic N) is 1. The third kappa shape index (κ3) is 7.22. The molecule has 0 atom stereocenters. The van der Waals surface area contributed by atoms with Gasteiger partial charge in [-0.05, 0) is 126 Å². The molecule has 0 amide bonds. The molecule has 2 nitrogen and oxygen atoms in total. The lowest BCUT2D eigenvalue weighted by Gasteiger charge is -2.29. The molecule has 1 heterocycles. The molecule has 0 aliphatic rings. The van der Waals surface area contributed by atoms with Crippen molar-refractivity contribution in [1.82, 2.24) is 0 Å². The molecule has 0 unspecified atom stereocenters. The zero-order valence-corrected chi connectivity index (χ0v) is 38.3. The van der Waals surface area contributed by atoms with Crippen molar-refractivity contribution >= 4 is 60.5 Å². The van der Waals surface area contributed by atoms with Gasteiger partial charge in [-0.25, -0.2) is 0 Å². The molecular weight excluding hydrogens is 847 g/mol. The Kier molecular flexibility index (Phi) is 10.2. The minimum atomic E-state index is 0.896. The first-order valence-corrected chi connectivity index (χ1v) is 24.0. The van der Waals surface area contributed by atoms with Gasteiger partial charge >= 0.3 is 0 Å². The van der Waals surface area contributed by atoms with Crippen LogP contribution in [-0.2, 0) is 0 Å². The maximum atomic E-state index is 6.52. The first kappa shape index (κ1) is 41.0. The fraction of sp³-hybridized carbons (Fsp3) is 0. The number of anilines is 3. The highest BCUT2D eigenvalue weighted by Crippen LogP contribution is 2.48. The first-order chi connectivity index (χ1) is 34.7. The molecule has 0 aliphatic carbocycles. The zero-order valence-electron chi connectivity index (χ0n) is 38.3. The van der Waals surface area contributed by atoms with Crippen molar-refractivity contribution in [3.8, 4) is 66.8 Å². The van der Waals surface area contributed by atoms with Crippen molar-refractivity contribution in [2.45, 2.75) is 0 Å². The summed E-state index contributed by atoms with van der Waals surface area (Å²) in [6, 6.07) is 98.7. The summed E-state index contributed by atoms with van der Waals surface area (Å²) in [4.78, 5) is 2.42. The molecule has 0 saturated heterocycles. The normalized spacial score (nSPS) is 11.4. The van der Waals surface area contributed by atoms with Gasteiger partial charge in [0.25, 0.3) is 0 Å². The van der Waals surface area contributed by atoms with E-state index in [1.165, 1.54) is 54.9 Å². The number of fused-ring (bicyclic) bond motifs is 6. The molecule has 2 heteroatoms. The second-order valence-electron chi connectivity index (χ2n) is 18.0. The van der Waals surface area contributed by atoms with Crippen LogP contribution in [0.15, 0.2) is 277 Å². The Balaban J connectivity index is 1.01. The fourth-order valence-corrected chi connectivity index (χ4v) is 10.6. The lowest BCUT2D eigenvalue weighted by atomic mass is 9.84. The van der Waals surface area contributed by atoms with Crippen molar-refractivity contribution in [2.75, 3.05) is 4.90 Å². The quantitative estimate of drug-likeness (QED) is 0.134. The number of furan rings is 1. The van der Waals surface area contributed by atoms with Crippen molar-refractivity contribution < 1.29 is 4.42 Å². The standard InChI is InChI=1S/C68H45NO/c1-5-19-46(20-6-1)52-38-42-64(62(44-52)47-21-7-2-8-22-47)69(54-39-35-48(36-40-54)56-32-18-33-61-59-30-15-16-34-65(59)70-68(56)61)55-28-17-27-51(43-55)53-37-41-58-57-29-13-14-31-60(57)66(49-23-9-3-10-24-49)67(63(58)45-53)50-25-11-4-12-26-50/h1-45H. The number of para-hydroxylation sites is 2. The summed E-state index contributed by atoms with van der Waals surface area (Å²) < 4.78 is 6.52. The molecule has 13 rings (SSSR count). The van der Waals surface area contributed by atoms with Crippen molar-refractivity contribution in [1.29, 1.82) is 0 Å². The second kappa shape index (κ2) is 17.4. The van der Waals surface area contributed by atoms with Gasteiger partial charge in [-0.15, -0.1) is 0 Å². The minimum Gasteiger partial charge on any atom is -0.455 e. The Morgan fingerprint density at radius 3 is 1.44 bits per heavy atom. The van der Waals surface area contributed by atoms with Crippen LogP contribution < -0.4 is 4.90 Å². The van der Waals surface area contributed by atoms with Gasteiger partial charge in [-0.3, -0.25) is 0 Å². The van der Waals surface area contributed by atoms with Gasteiger partial charge in [-0.1, -0.05) is 224 Å². The molecule has 0 aliphatic heterocycles. The Hall–Kier alpha value is -9.24. The SMILES string of the molecule is c1ccc(-c2ccc(N(c3ccc(-c4cccc5c4oc4ccccc45)cc3)c3cccc(-c4ccc5c(c4)c(-c4ccccc4)c(-c4ccccc4)c4ccccc45)c3)c(-c3ccccc3)c2)cc1. The maximum absolute atomic E-state index is 6.52. The Bertz CT molecular complexity index is 4030. The maximum Gasteiger partial charge on any atom is 0.143 e. The van der Waals surface area contributed by atoms with E-state index in [4.69, 9.17) is 4.42 Å². The van der Waals surface area contributed by atoms with Crippen LogP contribution in [0, 0.1) is 0 Å². The fourth-order valence-electron chi connectivity index (χ4n) is 10.6. The summed E-state index contributed by atoms with van der Waals surface area (Å²) in [5, 5.41) is 7.20. The first-order valence-electron chi connectivity index (χ1n) is 24.0. The van der Waals surface area contributed by atoms with Crippen molar-refractivity contribution in [3.63, 3.8) is 0 Å². The largest absolute Gasteiger partial charge is 0.455 e. The van der Waals surface area contributed by atoms with Crippen LogP contribution >= 0.6 is 0 Å². The van der Waals surface area contributed by atoms with Gasteiger partial charge in [-0.2, -0.15) is 0 Å². The summed E-state index contributed by atoms with van der Waals surface area (Å²) in [7, 11) is 0. The van der Waals surface area contributed by atoms with E-state index < -0.39 is 0 Å². The molecule has 0 radical (unpaired) electrons. The third-order valence-electron chi connectivity index (χ3n) is 13.9. The number of hydrogen-bond acceptors (Lipinski definition) is 2. The van der Waals surface area contributed by atoms with Gasteiger partial charge in [0, 0.05) is 33.3 Å². The van der Waals surface area contributed by atoms with Crippen LogP contribution in [-0.4, -0.2) is 0 Å². The van der Waals surface area contributed by atoms with Gasteiger partial charge in [0.1, 0.15) is 11.2 Å². The summed E-state index contributed by atoms with van der Waals surface area (Å²) in [5.41, 5.74) is 19.0. The summed E-state index contributed by atoms with van der Waals surface area (Å²) in [6.45, 7) is 0. The molecule has 13 aromatic rings. The van der Waals surface area contributed by atoms with Gasteiger partial charge in [0.15, 0.2) is 0 Å². The van der Waals surface area contributed by atoms with Crippen molar-refractivity contribution in [3.05, 3.63) is 273 Å². The minimum absolute atomic E-state index is 0.896. The zero-order chi connectivity index (χ0) is 46.4. The van der Waals surface area contributed by atoms with E-state index in [0.717, 1.165) is 72.4 Å². The molecule has 0 spiro atoms. The molecule has 0 N–H and O–H groups in total.